The summed E-state index contributed by atoms with van der Waals surface area (Å²) in [6, 6.07) is 8.52. The molecule has 2 unspecified atom stereocenters. The fourth-order valence-electron chi connectivity index (χ4n) is 3.13. The third kappa shape index (κ3) is 3.19. The van der Waals surface area contributed by atoms with Crippen LogP contribution in [0.15, 0.2) is 47.4 Å². The Morgan fingerprint density at radius 3 is 2.86 bits per heavy atom. The van der Waals surface area contributed by atoms with Gasteiger partial charge in [0.1, 0.15) is 5.75 Å². The summed E-state index contributed by atoms with van der Waals surface area (Å²) in [5.74, 6) is 2.72. The van der Waals surface area contributed by atoms with Gasteiger partial charge in [-0.15, -0.1) is 11.8 Å². The molecule has 0 spiro atoms. The number of ether oxygens (including phenoxy) is 2. The first-order valence-corrected chi connectivity index (χ1v) is 8.42. The van der Waals surface area contributed by atoms with Crippen molar-refractivity contribution in [2.75, 3.05) is 19.7 Å². The van der Waals surface area contributed by atoms with E-state index in [-0.39, 0.29) is 5.41 Å². The lowest BCUT2D eigenvalue weighted by Gasteiger charge is -2.40. The quantitative estimate of drug-likeness (QED) is 0.762. The summed E-state index contributed by atoms with van der Waals surface area (Å²) in [5.41, 5.74) is 1.66. The summed E-state index contributed by atoms with van der Waals surface area (Å²) in [6.07, 6.45) is 9.20. The van der Waals surface area contributed by atoms with E-state index in [0.717, 1.165) is 11.5 Å². The number of thioether (sulfide) groups is 1. The minimum atomic E-state index is 0.248. The van der Waals surface area contributed by atoms with Crippen LogP contribution in [0.1, 0.15) is 25.3 Å². The van der Waals surface area contributed by atoms with Crippen molar-refractivity contribution in [1.82, 2.24) is 0 Å². The molecule has 0 radical (unpaired) electrons. The second-order valence-electron chi connectivity index (χ2n) is 6.06. The Labute approximate surface area is 131 Å². The molecule has 0 aromatic heterocycles. The van der Waals surface area contributed by atoms with Crippen LogP contribution in [0.3, 0.4) is 0 Å². The third-order valence-corrected chi connectivity index (χ3v) is 5.95. The predicted molar refractivity (Wildman–Crippen MR) is 88.7 cm³/mol. The van der Waals surface area contributed by atoms with Crippen LogP contribution in [-0.2, 0) is 10.2 Å². The van der Waals surface area contributed by atoms with E-state index in [0.29, 0.717) is 12.7 Å². The van der Waals surface area contributed by atoms with Gasteiger partial charge in [0.15, 0.2) is 6.79 Å². The van der Waals surface area contributed by atoms with Gasteiger partial charge < -0.3 is 9.47 Å². The average molecular weight is 302 g/mol. The van der Waals surface area contributed by atoms with Gasteiger partial charge in [0.25, 0.3) is 0 Å². The normalized spacial score (nSPS) is 27.9. The monoisotopic (exact) mass is 302 g/mol. The van der Waals surface area contributed by atoms with Crippen LogP contribution in [0.5, 0.6) is 5.75 Å². The van der Waals surface area contributed by atoms with Crippen molar-refractivity contribution in [3.8, 4) is 5.75 Å². The fourth-order valence-corrected chi connectivity index (χ4v) is 4.49. The number of hydrogen-bond acceptors (Lipinski definition) is 3. The van der Waals surface area contributed by atoms with Gasteiger partial charge in [-0.2, -0.15) is 0 Å². The second-order valence-corrected chi connectivity index (χ2v) is 7.11. The molecule has 21 heavy (non-hydrogen) atoms. The van der Waals surface area contributed by atoms with Gasteiger partial charge in [-0.05, 0) is 41.4 Å². The number of rotatable bonds is 4. The first kappa shape index (κ1) is 14.7. The minimum Gasteiger partial charge on any atom is -0.468 e. The van der Waals surface area contributed by atoms with Crippen molar-refractivity contribution in [3.05, 3.63) is 53.0 Å². The molecule has 2 atom stereocenters. The van der Waals surface area contributed by atoms with Gasteiger partial charge in [0, 0.05) is 18.3 Å². The molecule has 0 N–H and O–H groups in total. The van der Waals surface area contributed by atoms with Crippen LogP contribution >= 0.6 is 11.8 Å². The van der Waals surface area contributed by atoms with E-state index >= 15 is 0 Å². The third-order valence-electron chi connectivity index (χ3n) is 4.37. The summed E-state index contributed by atoms with van der Waals surface area (Å²) >= 11 is 2.03. The lowest BCUT2D eigenvalue weighted by atomic mass is 9.75. The number of benzene rings is 1. The Morgan fingerprint density at radius 1 is 1.29 bits per heavy atom. The minimum absolute atomic E-state index is 0.248. The van der Waals surface area contributed by atoms with Crippen molar-refractivity contribution in [2.24, 2.45) is 5.92 Å². The first-order chi connectivity index (χ1) is 10.2. The molecule has 3 rings (SSSR count). The number of allylic oxidation sites excluding steroid dienone is 4. The molecule has 1 aromatic carbocycles. The molecule has 2 aliphatic rings. The standard InChI is InChI=1S/C18H22O2S/c1-18(11-14-5-3-4-6-17(14)21-12-18)15-7-9-16(10-8-15)20-13-19-2/h3-4,6-10,14H,5,11-13H2,1-2H3. The van der Waals surface area contributed by atoms with E-state index in [9.17, 15) is 0 Å². The smallest absolute Gasteiger partial charge is 0.188 e. The fraction of sp³-hybridized carbons (Fsp3) is 0.444. The maximum absolute atomic E-state index is 5.47. The molecule has 1 heterocycles. The van der Waals surface area contributed by atoms with Gasteiger partial charge in [-0.25, -0.2) is 0 Å². The molecule has 0 saturated carbocycles. The number of hydrogen-bond donors (Lipinski definition) is 0. The van der Waals surface area contributed by atoms with Crippen LogP contribution < -0.4 is 4.74 Å². The topological polar surface area (TPSA) is 18.5 Å². The lowest BCUT2D eigenvalue weighted by molar-refractivity contribution is 0.0511. The second kappa shape index (κ2) is 6.29. The summed E-state index contributed by atoms with van der Waals surface area (Å²) in [6.45, 7) is 2.69. The lowest BCUT2D eigenvalue weighted by Crippen LogP contribution is -2.33. The highest BCUT2D eigenvalue weighted by Crippen LogP contribution is 2.48. The van der Waals surface area contributed by atoms with Crippen molar-refractivity contribution < 1.29 is 9.47 Å². The van der Waals surface area contributed by atoms with Gasteiger partial charge in [-0.3, -0.25) is 0 Å². The molecule has 1 aliphatic carbocycles. The predicted octanol–water partition coefficient (Wildman–Crippen LogP) is 4.52. The van der Waals surface area contributed by atoms with E-state index in [1.165, 1.54) is 18.4 Å². The zero-order chi connectivity index (χ0) is 14.7. The average Bonchev–Trinajstić information content (AvgIpc) is 2.53. The highest BCUT2D eigenvalue weighted by molar-refractivity contribution is 8.03. The molecule has 1 fully saturated rings. The molecule has 1 aliphatic heterocycles. The van der Waals surface area contributed by atoms with E-state index in [2.05, 4.69) is 49.4 Å². The van der Waals surface area contributed by atoms with Gasteiger partial charge >= 0.3 is 0 Å². The van der Waals surface area contributed by atoms with E-state index in [1.54, 1.807) is 12.0 Å². The molecular weight excluding hydrogens is 280 g/mol. The molecule has 3 heteroatoms. The molecule has 1 aromatic rings. The van der Waals surface area contributed by atoms with Crippen molar-refractivity contribution in [2.45, 2.75) is 25.2 Å². The molecule has 1 saturated heterocycles. The van der Waals surface area contributed by atoms with Gasteiger partial charge in [0.05, 0.1) is 0 Å². The van der Waals surface area contributed by atoms with E-state index in [4.69, 9.17) is 9.47 Å². The van der Waals surface area contributed by atoms with Crippen LogP contribution in [0.25, 0.3) is 0 Å². The largest absolute Gasteiger partial charge is 0.468 e. The van der Waals surface area contributed by atoms with Crippen molar-refractivity contribution >= 4 is 11.8 Å². The van der Waals surface area contributed by atoms with Crippen molar-refractivity contribution in [1.29, 1.82) is 0 Å². The Balaban J connectivity index is 1.73. The van der Waals surface area contributed by atoms with Crippen LogP contribution in [0, 0.1) is 5.92 Å². The molecular formula is C18H22O2S. The maximum atomic E-state index is 5.47. The molecule has 2 nitrogen and oxygen atoms in total. The summed E-state index contributed by atoms with van der Waals surface area (Å²) in [4.78, 5) is 1.56. The van der Waals surface area contributed by atoms with Crippen molar-refractivity contribution in [3.63, 3.8) is 0 Å². The first-order valence-electron chi connectivity index (χ1n) is 7.43. The number of fused-ring (bicyclic) bond motifs is 1. The Bertz CT molecular complexity index is 547. The Hall–Kier alpha value is -1.19. The Kier molecular flexibility index (Phi) is 4.41. The maximum Gasteiger partial charge on any atom is 0.188 e. The summed E-state index contributed by atoms with van der Waals surface area (Å²) in [5, 5.41) is 0. The summed E-state index contributed by atoms with van der Waals surface area (Å²) in [7, 11) is 1.64. The van der Waals surface area contributed by atoms with E-state index < -0.39 is 0 Å². The molecule has 0 amide bonds. The van der Waals surface area contributed by atoms with Crippen LogP contribution in [0.4, 0.5) is 0 Å². The van der Waals surface area contributed by atoms with Crippen LogP contribution in [0.2, 0.25) is 0 Å². The number of methoxy groups -OCH3 is 1. The Morgan fingerprint density at radius 2 is 2.10 bits per heavy atom. The highest BCUT2D eigenvalue weighted by atomic mass is 32.2. The highest BCUT2D eigenvalue weighted by Gasteiger charge is 2.36. The molecule has 0 bridgehead atoms. The molecule has 112 valence electrons. The van der Waals surface area contributed by atoms with Gasteiger partial charge in [0.2, 0.25) is 0 Å². The van der Waals surface area contributed by atoms with E-state index in [1.807, 2.05) is 11.8 Å². The summed E-state index contributed by atoms with van der Waals surface area (Å²) < 4.78 is 10.4. The zero-order valence-corrected chi connectivity index (χ0v) is 13.5. The van der Waals surface area contributed by atoms with Crippen LogP contribution in [-0.4, -0.2) is 19.7 Å². The zero-order valence-electron chi connectivity index (χ0n) is 12.7. The SMILES string of the molecule is COCOc1ccc(C2(C)CSC3=CC=CCC3C2)cc1. The van der Waals surface area contributed by atoms with Gasteiger partial charge in [-0.1, -0.05) is 37.3 Å².